The van der Waals surface area contributed by atoms with Gasteiger partial charge in [0, 0.05) is 21.9 Å². The Bertz CT molecular complexity index is 2920. The summed E-state index contributed by atoms with van der Waals surface area (Å²) in [5.41, 5.74) is 16.5. The van der Waals surface area contributed by atoms with Crippen molar-refractivity contribution in [2.24, 2.45) is 0 Å². The van der Waals surface area contributed by atoms with Gasteiger partial charge in [0.15, 0.2) is 0 Å². The number of hydrogen-bond acceptors (Lipinski definition) is 3. The van der Waals surface area contributed by atoms with Crippen molar-refractivity contribution < 1.29 is 0 Å². The summed E-state index contributed by atoms with van der Waals surface area (Å²) in [5, 5.41) is 15.0. The molecule has 11 rings (SSSR count). The van der Waals surface area contributed by atoms with Crippen LogP contribution in [0.25, 0.3) is 78.1 Å². The molecule has 8 aromatic rings. The average Bonchev–Trinajstić information content (AvgIpc) is 3.48. The van der Waals surface area contributed by atoms with Crippen molar-refractivity contribution in [2.45, 2.75) is 50.9 Å². The first-order valence-corrected chi connectivity index (χ1v) is 19.0. The topological polar surface area (TPSA) is 54.5 Å². The molecule has 0 saturated heterocycles. The molecule has 252 valence electrons. The summed E-state index contributed by atoms with van der Waals surface area (Å²) in [4.78, 5) is 10.9. The van der Waals surface area contributed by atoms with Gasteiger partial charge in [0.05, 0.1) is 34.1 Å². The second-order valence-corrected chi connectivity index (χ2v) is 15.0. The summed E-state index contributed by atoms with van der Waals surface area (Å²) in [6.45, 7) is 2.43. The van der Waals surface area contributed by atoms with Gasteiger partial charge < -0.3 is 0 Å². The van der Waals surface area contributed by atoms with Gasteiger partial charge in [-0.15, -0.1) is 0 Å². The fourth-order valence-corrected chi connectivity index (χ4v) is 9.83. The molecular weight excluding hydrogens is 645 g/mol. The summed E-state index contributed by atoms with van der Waals surface area (Å²) in [7, 11) is 0. The first kappa shape index (κ1) is 30.3. The Morgan fingerprint density at radius 2 is 1.60 bits per heavy atom. The van der Waals surface area contributed by atoms with Crippen molar-refractivity contribution >= 4 is 38.7 Å². The summed E-state index contributed by atoms with van der Waals surface area (Å²) >= 11 is 0. The minimum Gasteiger partial charge on any atom is -0.278 e. The SMILES string of the molecule is CC1c2ccccc2-c2cc3c(c4c2CC1c1c-4ccc2ccccc12)c1ccccc1n3-c1nc2c(c(-c3cccc(C#N)c3)n1)/C=C\CCCC2. The number of rotatable bonds is 2. The molecule has 2 atom stereocenters. The number of nitrogens with zero attached hydrogens (tertiary/aromatic N) is 4. The Morgan fingerprint density at radius 3 is 2.53 bits per heavy atom. The van der Waals surface area contributed by atoms with E-state index in [4.69, 9.17) is 9.97 Å². The molecule has 53 heavy (non-hydrogen) atoms. The van der Waals surface area contributed by atoms with E-state index >= 15 is 0 Å². The summed E-state index contributed by atoms with van der Waals surface area (Å²) in [6.07, 6.45) is 9.58. The predicted molar refractivity (Wildman–Crippen MR) is 216 cm³/mol. The van der Waals surface area contributed by atoms with Crippen LogP contribution in [-0.2, 0) is 12.8 Å². The van der Waals surface area contributed by atoms with E-state index in [0.717, 1.165) is 65.7 Å². The summed E-state index contributed by atoms with van der Waals surface area (Å²) in [6, 6.07) is 44.2. The third kappa shape index (κ3) is 4.41. The quantitative estimate of drug-likeness (QED) is 0.183. The maximum absolute atomic E-state index is 9.85. The van der Waals surface area contributed by atoms with Gasteiger partial charge >= 0.3 is 0 Å². The molecule has 4 heteroatoms. The third-order valence-electron chi connectivity index (χ3n) is 12.2. The molecule has 4 nitrogen and oxygen atoms in total. The summed E-state index contributed by atoms with van der Waals surface area (Å²) in [5.74, 6) is 1.40. The number of hydrogen-bond donors (Lipinski definition) is 0. The minimum absolute atomic E-state index is 0.353. The lowest BCUT2D eigenvalue weighted by atomic mass is 9.71. The maximum Gasteiger partial charge on any atom is 0.235 e. The highest BCUT2D eigenvalue weighted by molar-refractivity contribution is 6.19. The lowest BCUT2D eigenvalue weighted by molar-refractivity contribution is 0.579. The molecule has 0 radical (unpaired) electrons. The second-order valence-electron chi connectivity index (χ2n) is 15.0. The molecular formula is C49H36N4. The molecule has 6 aromatic carbocycles. The van der Waals surface area contributed by atoms with Crippen LogP contribution in [0, 0.1) is 11.3 Å². The predicted octanol–water partition coefficient (Wildman–Crippen LogP) is 12.1. The minimum atomic E-state index is 0.353. The Balaban J connectivity index is 1.30. The van der Waals surface area contributed by atoms with E-state index in [1.165, 1.54) is 60.5 Å². The second kappa shape index (κ2) is 11.6. The van der Waals surface area contributed by atoms with Gasteiger partial charge in [-0.2, -0.15) is 5.26 Å². The zero-order valence-electron chi connectivity index (χ0n) is 29.6. The van der Waals surface area contributed by atoms with Crippen molar-refractivity contribution in [3.05, 3.63) is 155 Å². The lowest BCUT2D eigenvalue weighted by Gasteiger charge is -2.32. The van der Waals surface area contributed by atoms with Gasteiger partial charge in [0.1, 0.15) is 0 Å². The van der Waals surface area contributed by atoms with Crippen molar-refractivity contribution in [1.82, 2.24) is 14.5 Å². The van der Waals surface area contributed by atoms with Crippen LogP contribution in [0.15, 0.2) is 121 Å². The molecule has 0 saturated carbocycles. The van der Waals surface area contributed by atoms with Crippen LogP contribution < -0.4 is 0 Å². The zero-order chi connectivity index (χ0) is 35.2. The van der Waals surface area contributed by atoms with Crippen molar-refractivity contribution in [1.29, 1.82) is 5.26 Å². The summed E-state index contributed by atoms with van der Waals surface area (Å²) < 4.78 is 2.32. The number of para-hydroxylation sites is 1. The fourth-order valence-electron chi connectivity index (χ4n) is 9.83. The largest absolute Gasteiger partial charge is 0.278 e. The molecule has 2 bridgehead atoms. The standard InChI is InChI=1S/C49H36N4/c1-29-33-16-8-9-18-35(33)40-27-44-47(46-38-24-23-31-14-6-7-17-34(31)45(38)39(29)26-41(40)46)37-20-10-11-22-43(37)53(44)49-51-42-21-5-3-2-4-19-36(42)48(52-49)32-15-12-13-30(25-32)28-50/h4,6-20,22-25,27,29,39H,2-3,5,21,26H2,1H3/b19-4-. The number of aromatic nitrogens is 3. The molecule has 0 fully saturated rings. The van der Waals surface area contributed by atoms with Crippen LogP contribution >= 0.6 is 0 Å². The van der Waals surface area contributed by atoms with Crippen molar-refractivity contribution in [3.8, 4) is 45.5 Å². The van der Waals surface area contributed by atoms with Gasteiger partial charge in [0.25, 0.3) is 0 Å². The van der Waals surface area contributed by atoms with E-state index < -0.39 is 0 Å². The van der Waals surface area contributed by atoms with Crippen LogP contribution in [0.5, 0.6) is 0 Å². The molecule has 0 amide bonds. The Kier molecular flexibility index (Phi) is 6.64. The highest BCUT2D eigenvalue weighted by Gasteiger charge is 2.38. The van der Waals surface area contributed by atoms with Crippen molar-refractivity contribution in [3.63, 3.8) is 0 Å². The van der Waals surface area contributed by atoms with Crippen LogP contribution in [0.3, 0.4) is 0 Å². The number of aryl methyl sites for hydroxylation is 1. The van der Waals surface area contributed by atoms with E-state index in [-0.39, 0.29) is 0 Å². The lowest BCUT2D eigenvalue weighted by Crippen LogP contribution is -2.16. The normalized spacial score (nSPS) is 17.7. The average molecular weight is 681 g/mol. The number of fused-ring (bicyclic) bond motifs is 13. The number of nitriles is 1. The molecule has 2 unspecified atom stereocenters. The van der Waals surface area contributed by atoms with E-state index in [1.807, 2.05) is 18.2 Å². The molecule has 3 aliphatic rings. The Morgan fingerprint density at radius 1 is 0.755 bits per heavy atom. The van der Waals surface area contributed by atoms with Gasteiger partial charge in [-0.3, -0.25) is 4.57 Å². The van der Waals surface area contributed by atoms with E-state index in [1.54, 1.807) is 0 Å². The van der Waals surface area contributed by atoms with Crippen LogP contribution in [0.2, 0.25) is 0 Å². The van der Waals surface area contributed by atoms with Gasteiger partial charge in [-0.1, -0.05) is 110 Å². The molecule has 3 aliphatic carbocycles. The first-order valence-electron chi connectivity index (χ1n) is 19.0. The van der Waals surface area contributed by atoms with Crippen LogP contribution in [0.1, 0.15) is 71.5 Å². The third-order valence-corrected chi connectivity index (χ3v) is 12.2. The van der Waals surface area contributed by atoms with E-state index in [9.17, 15) is 5.26 Å². The Hall–Kier alpha value is -6.31. The Labute approximate surface area is 308 Å². The number of allylic oxidation sites excluding steroid dienone is 1. The zero-order valence-corrected chi connectivity index (χ0v) is 29.6. The highest BCUT2D eigenvalue weighted by atomic mass is 15.2. The monoisotopic (exact) mass is 680 g/mol. The van der Waals surface area contributed by atoms with E-state index in [2.05, 4.69) is 127 Å². The molecule has 0 spiro atoms. The molecule has 2 heterocycles. The van der Waals surface area contributed by atoms with Gasteiger partial charge in [0.2, 0.25) is 5.95 Å². The van der Waals surface area contributed by atoms with Crippen LogP contribution in [0.4, 0.5) is 0 Å². The maximum atomic E-state index is 9.85. The van der Waals surface area contributed by atoms with Crippen LogP contribution in [-0.4, -0.2) is 14.5 Å². The fraction of sp³-hybridized carbons (Fsp3) is 0.163. The smallest absolute Gasteiger partial charge is 0.235 e. The van der Waals surface area contributed by atoms with Gasteiger partial charge in [-0.25, -0.2) is 9.97 Å². The van der Waals surface area contributed by atoms with Crippen molar-refractivity contribution in [2.75, 3.05) is 0 Å². The van der Waals surface area contributed by atoms with E-state index in [0.29, 0.717) is 23.3 Å². The molecule has 0 aliphatic heterocycles. The molecule has 2 aromatic heterocycles. The number of benzene rings is 6. The van der Waals surface area contributed by atoms with Gasteiger partial charge in [-0.05, 0) is 118 Å². The first-order chi connectivity index (χ1) is 26.2. The highest BCUT2D eigenvalue weighted by Crippen LogP contribution is 2.57. The molecule has 0 N–H and O–H groups in total.